The van der Waals surface area contributed by atoms with Crippen LogP contribution < -0.4 is 0 Å². The van der Waals surface area contributed by atoms with Gasteiger partial charge in [0.15, 0.2) is 5.79 Å². The van der Waals surface area contributed by atoms with Gasteiger partial charge in [0.05, 0.1) is 18.1 Å². The summed E-state index contributed by atoms with van der Waals surface area (Å²) < 4.78 is 13.8. The summed E-state index contributed by atoms with van der Waals surface area (Å²) >= 11 is 0. The Hall–Kier alpha value is -1.92. The Kier molecular flexibility index (Phi) is 3.92. The lowest BCUT2D eigenvalue weighted by atomic mass is 9.92. The summed E-state index contributed by atoms with van der Waals surface area (Å²) in [6, 6.07) is 7.06. The van der Waals surface area contributed by atoms with E-state index in [-0.39, 0.29) is 22.1 Å². The van der Waals surface area contributed by atoms with Crippen molar-refractivity contribution >= 4 is 16.6 Å². The largest absolute Gasteiger partial charge is 0.348 e. The molecule has 1 atom stereocenters. The first-order valence-corrected chi connectivity index (χ1v) is 8.17. The van der Waals surface area contributed by atoms with Crippen LogP contribution in [0.3, 0.4) is 0 Å². The van der Waals surface area contributed by atoms with Gasteiger partial charge in [0.2, 0.25) is 0 Å². The molecule has 0 N–H and O–H groups in total. The van der Waals surface area contributed by atoms with Gasteiger partial charge in [-0.3, -0.25) is 10.1 Å². The zero-order valence-electron chi connectivity index (χ0n) is 14.8. The molecule has 2 heterocycles. The van der Waals surface area contributed by atoms with Gasteiger partial charge >= 0.3 is 0 Å². The minimum absolute atomic E-state index is 0.0353. The Bertz CT molecular complexity index is 786. The highest BCUT2D eigenvalue weighted by Gasteiger charge is 2.34. The maximum atomic E-state index is 11.0. The minimum atomic E-state index is -0.561. The first-order chi connectivity index (χ1) is 11.1. The summed E-state index contributed by atoms with van der Waals surface area (Å²) in [5, 5.41) is 11.9. The highest BCUT2D eigenvalue weighted by Crippen LogP contribution is 2.33. The Balaban J connectivity index is 2.05. The van der Waals surface area contributed by atoms with Crippen molar-refractivity contribution in [2.24, 2.45) is 0 Å². The van der Waals surface area contributed by atoms with Gasteiger partial charge in [0, 0.05) is 34.1 Å². The van der Waals surface area contributed by atoms with Crippen molar-refractivity contribution in [3.05, 3.63) is 40.1 Å². The molecule has 1 aliphatic rings. The number of nitrogens with zero attached hydrogens (tertiary/aromatic N) is 2. The molecule has 0 amide bonds. The van der Waals surface area contributed by atoms with Crippen molar-refractivity contribution < 1.29 is 14.4 Å². The summed E-state index contributed by atoms with van der Waals surface area (Å²) in [5.74, 6) is -0.561. The minimum Gasteiger partial charge on any atom is -0.348 e. The third kappa shape index (κ3) is 3.16. The predicted octanol–water partition coefficient (Wildman–Crippen LogP) is 4.00. The number of rotatable bonds is 3. The van der Waals surface area contributed by atoms with Crippen LogP contribution in [0.5, 0.6) is 0 Å². The normalized spacial score (nSPS) is 20.6. The third-order valence-corrected chi connectivity index (χ3v) is 4.32. The molecule has 1 unspecified atom stereocenters. The van der Waals surface area contributed by atoms with Crippen molar-refractivity contribution in [2.45, 2.75) is 58.5 Å². The molecule has 1 aromatic heterocycles. The van der Waals surface area contributed by atoms with E-state index < -0.39 is 5.79 Å². The smallest absolute Gasteiger partial charge is 0.270 e. The fourth-order valence-corrected chi connectivity index (χ4v) is 3.25. The molecule has 1 aliphatic heterocycles. The average molecular weight is 332 g/mol. The number of nitro benzene ring substituents is 1. The van der Waals surface area contributed by atoms with Crippen molar-refractivity contribution in [3.63, 3.8) is 0 Å². The van der Waals surface area contributed by atoms with Crippen LogP contribution in [0.2, 0.25) is 0 Å². The van der Waals surface area contributed by atoms with Gasteiger partial charge in [0.25, 0.3) is 5.69 Å². The van der Waals surface area contributed by atoms with Gasteiger partial charge < -0.3 is 14.0 Å². The van der Waals surface area contributed by atoms with Gasteiger partial charge in [-0.1, -0.05) is 20.8 Å². The lowest BCUT2D eigenvalue weighted by Crippen LogP contribution is -2.26. The van der Waals surface area contributed by atoms with Gasteiger partial charge in [-0.15, -0.1) is 0 Å². The number of fused-ring (bicyclic) bond motifs is 1. The molecule has 1 fully saturated rings. The molecule has 1 saturated heterocycles. The quantitative estimate of drug-likeness (QED) is 0.629. The molecule has 0 saturated carbocycles. The van der Waals surface area contributed by atoms with Gasteiger partial charge in [-0.2, -0.15) is 0 Å². The number of non-ortho nitro benzene ring substituents is 1. The van der Waals surface area contributed by atoms with E-state index in [1.54, 1.807) is 12.1 Å². The van der Waals surface area contributed by atoms with Gasteiger partial charge in [0.1, 0.15) is 6.10 Å². The number of hydrogen-bond donors (Lipinski definition) is 0. The average Bonchev–Trinajstić information content (AvgIpc) is 2.99. The van der Waals surface area contributed by atoms with Crippen LogP contribution in [0.15, 0.2) is 24.3 Å². The molecule has 0 spiro atoms. The van der Waals surface area contributed by atoms with Crippen LogP contribution in [0, 0.1) is 10.1 Å². The lowest BCUT2D eigenvalue weighted by molar-refractivity contribution is -0.384. The number of aromatic nitrogens is 1. The van der Waals surface area contributed by atoms with E-state index in [1.807, 2.05) is 26.0 Å². The molecule has 130 valence electrons. The first-order valence-electron chi connectivity index (χ1n) is 8.17. The van der Waals surface area contributed by atoms with Gasteiger partial charge in [-0.25, -0.2) is 0 Å². The fraction of sp³-hybridized carbons (Fsp3) is 0.556. The van der Waals surface area contributed by atoms with Crippen LogP contribution >= 0.6 is 0 Å². The topological polar surface area (TPSA) is 66.5 Å². The SMILES string of the molecule is CC1(C)OCC(Cn2c(C(C)(C)C)cc3cc([N+](=O)[O-])ccc32)O1. The van der Waals surface area contributed by atoms with E-state index >= 15 is 0 Å². The number of hydrogen-bond acceptors (Lipinski definition) is 4. The molecular weight excluding hydrogens is 308 g/mol. The summed E-state index contributed by atoms with van der Waals surface area (Å²) in [6.07, 6.45) is -0.0353. The molecule has 1 aromatic carbocycles. The Morgan fingerprint density at radius 1 is 1.33 bits per heavy atom. The van der Waals surface area contributed by atoms with Crippen LogP contribution in [0.4, 0.5) is 5.69 Å². The number of benzene rings is 1. The second-order valence-electron chi connectivity index (χ2n) is 7.84. The first kappa shape index (κ1) is 16.9. The molecule has 0 radical (unpaired) electrons. The standard InChI is InChI=1S/C18H24N2O4/c1-17(2,3)16-9-12-8-13(20(21)22)6-7-15(12)19(16)10-14-11-23-18(4,5)24-14/h6-9,14H,10-11H2,1-5H3. The maximum Gasteiger partial charge on any atom is 0.270 e. The Morgan fingerprint density at radius 2 is 2.04 bits per heavy atom. The van der Waals surface area contributed by atoms with E-state index in [0.29, 0.717) is 13.2 Å². The number of nitro groups is 1. The number of ether oxygens (including phenoxy) is 2. The molecule has 3 rings (SSSR count). The summed E-state index contributed by atoms with van der Waals surface area (Å²) in [4.78, 5) is 10.7. The molecule has 24 heavy (non-hydrogen) atoms. The second kappa shape index (κ2) is 5.57. The zero-order chi connectivity index (χ0) is 17.7. The van der Waals surface area contributed by atoms with Crippen LogP contribution in [0.25, 0.3) is 10.9 Å². The maximum absolute atomic E-state index is 11.0. The lowest BCUT2D eigenvalue weighted by Gasteiger charge is -2.24. The van der Waals surface area contributed by atoms with Crippen molar-refractivity contribution in [1.82, 2.24) is 4.57 Å². The summed E-state index contributed by atoms with van der Waals surface area (Å²) in [5.41, 5.74) is 2.15. The predicted molar refractivity (Wildman–Crippen MR) is 92.2 cm³/mol. The van der Waals surface area contributed by atoms with Crippen LogP contribution in [0.1, 0.15) is 40.3 Å². The monoisotopic (exact) mass is 332 g/mol. The molecule has 0 aliphatic carbocycles. The fourth-order valence-electron chi connectivity index (χ4n) is 3.25. The molecule has 6 nitrogen and oxygen atoms in total. The van der Waals surface area contributed by atoms with Crippen molar-refractivity contribution in [3.8, 4) is 0 Å². The molecule has 2 aromatic rings. The van der Waals surface area contributed by atoms with E-state index in [9.17, 15) is 10.1 Å². The second-order valence-corrected chi connectivity index (χ2v) is 7.84. The molecule has 6 heteroatoms. The van der Waals surface area contributed by atoms with E-state index in [2.05, 4.69) is 25.3 Å². The Labute approximate surface area is 141 Å². The molecular formula is C18H24N2O4. The highest BCUT2D eigenvalue weighted by atomic mass is 16.7. The summed E-state index contributed by atoms with van der Waals surface area (Å²) in [7, 11) is 0. The Morgan fingerprint density at radius 3 is 2.58 bits per heavy atom. The van der Waals surface area contributed by atoms with Crippen LogP contribution in [-0.2, 0) is 21.4 Å². The van der Waals surface area contributed by atoms with Gasteiger partial charge in [-0.05, 0) is 26.0 Å². The van der Waals surface area contributed by atoms with E-state index in [0.717, 1.165) is 16.6 Å². The van der Waals surface area contributed by atoms with Crippen LogP contribution in [-0.4, -0.2) is 28.0 Å². The summed E-state index contributed by atoms with van der Waals surface area (Å²) in [6.45, 7) is 11.5. The van der Waals surface area contributed by atoms with Crippen molar-refractivity contribution in [2.75, 3.05) is 6.61 Å². The molecule has 0 bridgehead atoms. The highest BCUT2D eigenvalue weighted by molar-refractivity contribution is 5.84. The van der Waals surface area contributed by atoms with E-state index in [1.165, 1.54) is 0 Å². The third-order valence-electron chi connectivity index (χ3n) is 4.32. The van der Waals surface area contributed by atoms with E-state index in [4.69, 9.17) is 9.47 Å². The van der Waals surface area contributed by atoms with Crippen molar-refractivity contribution in [1.29, 1.82) is 0 Å². The zero-order valence-corrected chi connectivity index (χ0v) is 14.8.